The molecule has 0 N–H and O–H groups in total. The molecule has 0 amide bonds. The molecular weight excluding hydrogens is 1690 g/mol. The van der Waals surface area contributed by atoms with Crippen LogP contribution in [0, 0.1) is 27.7 Å². The van der Waals surface area contributed by atoms with E-state index in [9.17, 15) is 24.0 Å². The van der Waals surface area contributed by atoms with Gasteiger partial charge in [0.2, 0.25) is 0 Å². The molecule has 15 heteroatoms. The van der Waals surface area contributed by atoms with Crippen LogP contribution >= 0.6 is 56.9 Å². The van der Waals surface area contributed by atoms with E-state index >= 15 is 0 Å². The summed E-state index contributed by atoms with van der Waals surface area (Å²) in [5.41, 5.74) is 36.5. The molecule has 10 nitrogen and oxygen atoms in total. The third-order valence-corrected chi connectivity index (χ3v) is 27.3. The molecule has 0 unspecified atom stereocenters. The Labute approximate surface area is 772 Å². The van der Waals surface area contributed by atoms with Crippen molar-refractivity contribution in [3.63, 3.8) is 0 Å². The van der Waals surface area contributed by atoms with Crippen molar-refractivity contribution in [3.8, 4) is 175 Å². The van der Waals surface area contributed by atoms with Gasteiger partial charge in [-0.05, 0) is 287 Å². The van der Waals surface area contributed by atoms with Gasteiger partial charge in [0.25, 0.3) is 12.9 Å². The minimum atomic E-state index is -0.773. The third kappa shape index (κ3) is 19.2. The summed E-state index contributed by atoms with van der Waals surface area (Å²) in [5.74, 6) is -0.911. The van der Waals surface area contributed by atoms with E-state index in [4.69, 9.17) is 18.9 Å². The fraction of sp³-hybridized carbons (Fsp3) is 0.0789. The van der Waals surface area contributed by atoms with Gasteiger partial charge in [-0.1, -0.05) is 291 Å². The zero-order chi connectivity index (χ0) is 89.4. The van der Waals surface area contributed by atoms with Crippen molar-refractivity contribution in [2.45, 2.75) is 40.9 Å². The Kier molecular flexibility index (Phi) is 27.9. The number of hydrogen-bond donors (Lipinski definition) is 0. The molecule has 4 heterocycles. The quantitative estimate of drug-likeness (QED) is 0.0249. The number of esters is 2. The molecule has 0 saturated heterocycles. The number of aryl methyl sites for hydroxylation is 4. The molecule has 4 aromatic heterocycles. The van der Waals surface area contributed by atoms with E-state index in [1.165, 1.54) is 141 Å². The average Bonchev–Trinajstić information content (AvgIpc) is 0.824. The number of thiophene rings is 4. The summed E-state index contributed by atoms with van der Waals surface area (Å²) in [6, 6.07) is 120. The summed E-state index contributed by atoms with van der Waals surface area (Å²) in [6.07, 6.45) is 0. The van der Waals surface area contributed by atoms with Crippen molar-refractivity contribution in [2.24, 2.45) is 0 Å². The molecule has 0 aliphatic heterocycles. The van der Waals surface area contributed by atoms with Gasteiger partial charge in [-0.25, -0.2) is 14.4 Å². The van der Waals surface area contributed by atoms with Gasteiger partial charge in [-0.2, -0.15) is 0 Å². The monoisotopic (exact) mass is 1780 g/mol. The predicted octanol–water partition coefficient (Wildman–Crippen LogP) is 31.4. The van der Waals surface area contributed by atoms with Gasteiger partial charge in [0.05, 0.1) is 32.5 Å². The van der Waals surface area contributed by atoms with Crippen LogP contribution in [0.5, 0.6) is 0 Å². The Hall–Kier alpha value is -14.5. The molecule has 0 radical (unpaired) electrons. The van der Waals surface area contributed by atoms with Crippen LogP contribution in [0.2, 0.25) is 0 Å². The standard InChI is InChI=1S/C60H46O8S2.C52H38S2.C2H3ClO2/c1-37-29-31-69-57(37)47-21-13-43(14-22-47)53-51(41-9-5-39(6-10-41)33-67-35-61)52(42-11-7-40(8-12-42)34-68-36-62)54(44-15-23-48(24-16-44)58-38(2)30-32-70-58)56(46-19-27-50(28-20-46)60(64)66-4)55(53)45-17-25-49(26-18-45)59(63)65-3;1-35-31-33-53-51(35)43-27-23-41(24-28-43)49-45(37-15-7-3-8-16-37)47(39-19-11-5-12-20-39)50(42-25-29-44(30-26-42)52-36(2)32-34-54-52)48(40-21-13-6-14-22-40)46(49)38-17-9-4-10-18-38;1-5-2(3)4/h5-32,35-36H,33-34H2,1-4H3;3-34H,1-2H3;1H3. The Morgan fingerprint density at radius 3 is 0.574 bits per heavy atom. The molecule has 634 valence electrons. The number of hydrogen-bond acceptors (Lipinski definition) is 14. The Bertz CT molecular complexity index is 6470. The van der Waals surface area contributed by atoms with Crippen molar-refractivity contribution >= 4 is 87.3 Å². The highest BCUT2D eigenvalue weighted by Gasteiger charge is 2.33. The van der Waals surface area contributed by atoms with Crippen LogP contribution in [-0.2, 0) is 46.5 Å². The predicted molar refractivity (Wildman–Crippen MR) is 533 cm³/mol. The maximum atomic E-state index is 13.0. The number of rotatable bonds is 24. The fourth-order valence-electron chi connectivity index (χ4n) is 16.8. The first-order chi connectivity index (χ1) is 63.1. The van der Waals surface area contributed by atoms with Crippen LogP contribution in [0.4, 0.5) is 4.79 Å². The van der Waals surface area contributed by atoms with Crippen molar-refractivity contribution in [3.05, 3.63) is 406 Å². The Balaban J connectivity index is 0.000000185. The minimum Gasteiger partial charge on any atom is -0.465 e. The highest BCUT2D eigenvalue weighted by Crippen LogP contribution is 2.59. The fourth-order valence-corrected chi connectivity index (χ4v) is 20.5. The second-order valence-electron chi connectivity index (χ2n) is 30.8. The van der Waals surface area contributed by atoms with E-state index in [2.05, 4.69) is 332 Å². The molecule has 0 atom stereocenters. The van der Waals surface area contributed by atoms with Crippen LogP contribution in [0.3, 0.4) is 0 Å². The lowest BCUT2D eigenvalue weighted by Gasteiger charge is -2.29. The van der Waals surface area contributed by atoms with Crippen molar-refractivity contribution < 1.29 is 47.7 Å². The summed E-state index contributed by atoms with van der Waals surface area (Å²) in [4.78, 5) is 62.9. The van der Waals surface area contributed by atoms with Gasteiger partial charge in [0.15, 0.2) is 0 Å². The molecule has 0 spiro atoms. The maximum Gasteiger partial charge on any atom is 0.403 e. The number of carbonyl (C=O) groups excluding carboxylic acids is 5. The zero-order valence-corrected chi connectivity index (χ0v) is 75.8. The molecule has 14 aromatic carbocycles. The van der Waals surface area contributed by atoms with Crippen LogP contribution in [0.15, 0.2) is 361 Å². The normalized spacial score (nSPS) is 10.9. The van der Waals surface area contributed by atoms with Gasteiger partial charge in [0, 0.05) is 31.1 Å². The molecular formula is C114H87ClO10S4. The van der Waals surface area contributed by atoms with Gasteiger partial charge in [0.1, 0.15) is 13.2 Å². The second kappa shape index (κ2) is 40.9. The van der Waals surface area contributed by atoms with Crippen molar-refractivity contribution in [1.29, 1.82) is 0 Å². The lowest BCUT2D eigenvalue weighted by atomic mass is 9.74. The first kappa shape index (κ1) is 88.0. The third-order valence-electron chi connectivity index (χ3n) is 22.9. The largest absolute Gasteiger partial charge is 0.465 e. The highest BCUT2D eigenvalue weighted by molar-refractivity contribution is 7.14. The SMILES string of the molecule is COC(=O)Cl.COC(=O)c1ccc(-c2c(-c3ccc(C(=O)OC)cc3)c(-c3ccc(-c4sccc4C)cc3)c(-c3ccc(COC=O)cc3)c(-c3ccc(COC=O)cc3)c2-c2ccc(-c3sccc3C)cc2)cc1.Cc1ccsc1-c1ccc(-c2c(-c3ccccc3)c(-c3ccccc3)c(-c3ccc(-c4sccc4C)cc3)c(-c3ccccc3)c2-c2ccccc2)cc1. The summed E-state index contributed by atoms with van der Waals surface area (Å²) < 4.78 is 24.6. The first-order valence-electron chi connectivity index (χ1n) is 41.8. The smallest absolute Gasteiger partial charge is 0.403 e. The number of halogens is 1. The van der Waals surface area contributed by atoms with Gasteiger partial charge in [-0.3, -0.25) is 9.59 Å². The highest BCUT2D eigenvalue weighted by atomic mass is 35.5. The van der Waals surface area contributed by atoms with E-state index in [0.29, 0.717) is 24.1 Å². The second-order valence-corrected chi connectivity index (χ2v) is 34.8. The minimum absolute atomic E-state index is 0.108. The molecule has 0 aliphatic rings. The summed E-state index contributed by atoms with van der Waals surface area (Å²) in [5, 5.41) is 8.57. The molecule has 129 heavy (non-hydrogen) atoms. The molecule has 0 bridgehead atoms. The average molecular weight is 1780 g/mol. The number of methoxy groups -OCH3 is 3. The van der Waals surface area contributed by atoms with Crippen LogP contribution in [0.1, 0.15) is 54.1 Å². The Morgan fingerprint density at radius 2 is 0.411 bits per heavy atom. The molecule has 0 saturated carbocycles. The van der Waals surface area contributed by atoms with Crippen LogP contribution in [0.25, 0.3) is 175 Å². The first-order valence-corrected chi connectivity index (χ1v) is 45.7. The topological polar surface area (TPSA) is 132 Å². The van der Waals surface area contributed by atoms with E-state index in [0.717, 1.165) is 89.0 Å². The lowest BCUT2D eigenvalue weighted by molar-refractivity contribution is -0.130. The summed E-state index contributed by atoms with van der Waals surface area (Å²) >= 11 is 11.6. The molecule has 0 aliphatic carbocycles. The maximum absolute atomic E-state index is 13.0. The van der Waals surface area contributed by atoms with Crippen molar-refractivity contribution in [2.75, 3.05) is 21.3 Å². The number of carbonyl (C=O) groups is 5. The van der Waals surface area contributed by atoms with Crippen molar-refractivity contribution in [1.82, 2.24) is 0 Å². The Morgan fingerprint density at radius 1 is 0.240 bits per heavy atom. The van der Waals surface area contributed by atoms with Gasteiger partial charge in [-0.15, -0.1) is 45.3 Å². The van der Waals surface area contributed by atoms with Gasteiger partial charge < -0.3 is 23.7 Å². The molecule has 18 rings (SSSR count). The van der Waals surface area contributed by atoms with Gasteiger partial charge >= 0.3 is 17.4 Å². The van der Waals surface area contributed by atoms with E-state index < -0.39 is 17.4 Å². The molecule has 0 fully saturated rings. The van der Waals surface area contributed by atoms with Crippen LogP contribution in [-0.4, -0.2) is 51.6 Å². The van der Waals surface area contributed by atoms with E-state index in [-0.39, 0.29) is 13.2 Å². The zero-order valence-electron chi connectivity index (χ0n) is 71.8. The number of benzene rings is 14. The lowest BCUT2D eigenvalue weighted by Crippen LogP contribution is -2.04. The molecule has 18 aromatic rings. The van der Waals surface area contributed by atoms with E-state index in [1.54, 1.807) is 69.6 Å². The number of ether oxygens (including phenoxy) is 5. The van der Waals surface area contributed by atoms with Crippen LogP contribution < -0.4 is 0 Å². The summed E-state index contributed by atoms with van der Waals surface area (Å²) in [7, 11) is 3.95. The van der Waals surface area contributed by atoms with E-state index in [1.807, 2.05) is 48.5 Å². The summed E-state index contributed by atoms with van der Waals surface area (Å²) in [6.45, 7) is 9.74.